The molecule has 1 saturated heterocycles. The summed E-state index contributed by atoms with van der Waals surface area (Å²) < 4.78 is 0. The normalized spacial score (nSPS) is 33.7. The lowest BCUT2D eigenvalue weighted by atomic mass is 9.73. The van der Waals surface area contributed by atoms with E-state index in [-0.39, 0.29) is 5.92 Å². The van der Waals surface area contributed by atoms with Crippen molar-refractivity contribution in [2.75, 3.05) is 13.6 Å². The Kier molecular flexibility index (Phi) is 3.52. The molecule has 0 aromatic heterocycles. The molecule has 1 heterocycles. The summed E-state index contributed by atoms with van der Waals surface area (Å²) in [6, 6.07) is 6.82. The van der Waals surface area contributed by atoms with Gasteiger partial charge in [0.1, 0.15) is 0 Å². The highest BCUT2D eigenvalue weighted by molar-refractivity contribution is 5.36. The van der Waals surface area contributed by atoms with Crippen LogP contribution >= 0.6 is 0 Å². The van der Waals surface area contributed by atoms with Crippen LogP contribution in [0.4, 0.5) is 0 Å². The molecule has 2 rings (SSSR count). The summed E-state index contributed by atoms with van der Waals surface area (Å²) in [6.45, 7) is 9.50. The second-order valence-corrected chi connectivity index (χ2v) is 6.14. The molecule has 2 nitrogen and oxygen atoms in total. The van der Waals surface area contributed by atoms with Crippen LogP contribution in [-0.4, -0.2) is 29.6 Å². The van der Waals surface area contributed by atoms with Crippen LogP contribution in [0.2, 0.25) is 0 Å². The zero-order valence-electron chi connectivity index (χ0n) is 12.2. The number of nitrogens with zero attached hydrogens (tertiary/aromatic N) is 1. The number of benzene rings is 1. The van der Waals surface area contributed by atoms with Crippen LogP contribution in [0, 0.1) is 19.8 Å². The van der Waals surface area contributed by atoms with Crippen molar-refractivity contribution in [1.29, 1.82) is 0 Å². The van der Waals surface area contributed by atoms with E-state index in [0.29, 0.717) is 6.04 Å². The van der Waals surface area contributed by atoms with Crippen molar-refractivity contribution in [3.05, 3.63) is 34.9 Å². The molecule has 0 aliphatic carbocycles. The first-order valence-corrected chi connectivity index (χ1v) is 6.85. The maximum Gasteiger partial charge on any atom is 0.0951 e. The van der Waals surface area contributed by atoms with Gasteiger partial charge in [0, 0.05) is 18.5 Å². The summed E-state index contributed by atoms with van der Waals surface area (Å²) in [5.74, 6) is 0.263. The van der Waals surface area contributed by atoms with Crippen molar-refractivity contribution in [2.45, 2.75) is 45.8 Å². The Balaban J connectivity index is 2.43. The van der Waals surface area contributed by atoms with Crippen molar-refractivity contribution in [1.82, 2.24) is 4.90 Å². The van der Waals surface area contributed by atoms with E-state index >= 15 is 0 Å². The van der Waals surface area contributed by atoms with Crippen LogP contribution in [0.3, 0.4) is 0 Å². The Morgan fingerprint density at radius 1 is 1.28 bits per heavy atom. The van der Waals surface area contributed by atoms with E-state index in [0.717, 1.165) is 18.5 Å². The average Bonchev–Trinajstić information content (AvgIpc) is 2.30. The van der Waals surface area contributed by atoms with E-state index in [2.05, 4.69) is 57.8 Å². The predicted octanol–water partition coefficient (Wildman–Crippen LogP) is 2.85. The van der Waals surface area contributed by atoms with Crippen molar-refractivity contribution >= 4 is 0 Å². The minimum Gasteiger partial charge on any atom is -0.385 e. The molecule has 1 aliphatic rings. The SMILES string of the molecule is Cc1ccc(C)c([C@]2(O)C[C@H](C)N(C)C[C@@H]2C)c1. The molecule has 100 valence electrons. The fraction of sp³-hybridized carbons (Fsp3) is 0.625. The zero-order valence-corrected chi connectivity index (χ0v) is 12.2. The summed E-state index contributed by atoms with van der Waals surface area (Å²) in [5.41, 5.74) is 2.87. The minimum atomic E-state index is -0.679. The molecule has 0 bridgehead atoms. The summed E-state index contributed by atoms with van der Waals surface area (Å²) in [6.07, 6.45) is 0.814. The first-order chi connectivity index (χ1) is 8.34. The van der Waals surface area contributed by atoms with Gasteiger partial charge < -0.3 is 10.0 Å². The lowest BCUT2D eigenvalue weighted by molar-refractivity contribution is -0.0847. The van der Waals surface area contributed by atoms with E-state index in [1.807, 2.05) is 0 Å². The average molecular weight is 247 g/mol. The van der Waals surface area contributed by atoms with Crippen LogP contribution in [-0.2, 0) is 5.60 Å². The first kappa shape index (κ1) is 13.6. The van der Waals surface area contributed by atoms with Gasteiger partial charge in [0.2, 0.25) is 0 Å². The standard InChI is InChI=1S/C16H25NO/c1-11-6-7-12(2)15(8-11)16(18)9-14(4)17(5)10-13(16)3/h6-8,13-14,18H,9-10H2,1-5H3/t13-,14-,16-/m0/s1. The summed E-state index contributed by atoms with van der Waals surface area (Å²) in [7, 11) is 2.14. The van der Waals surface area contributed by atoms with Crippen LogP contribution < -0.4 is 0 Å². The maximum absolute atomic E-state index is 11.2. The molecule has 1 aliphatic heterocycles. The molecule has 0 amide bonds. The van der Waals surface area contributed by atoms with Crippen LogP contribution in [0.1, 0.15) is 37.0 Å². The number of hydrogen-bond acceptors (Lipinski definition) is 2. The second-order valence-electron chi connectivity index (χ2n) is 6.14. The highest BCUT2D eigenvalue weighted by atomic mass is 16.3. The number of piperidine rings is 1. The van der Waals surface area contributed by atoms with E-state index in [4.69, 9.17) is 0 Å². The molecule has 1 fully saturated rings. The van der Waals surface area contributed by atoms with Gasteiger partial charge in [-0.05, 0) is 45.4 Å². The Bertz CT molecular complexity index is 443. The molecule has 1 N–H and O–H groups in total. The van der Waals surface area contributed by atoms with E-state index in [1.165, 1.54) is 11.1 Å². The molecule has 18 heavy (non-hydrogen) atoms. The second kappa shape index (κ2) is 4.67. The van der Waals surface area contributed by atoms with Gasteiger partial charge in [0.05, 0.1) is 5.60 Å². The molecule has 0 saturated carbocycles. The van der Waals surface area contributed by atoms with Gasteiger partial charge in [-0.2, -0.15) is 0 Å². The quantitative estimate of drug-likeness (QED) is 0.825. The van der Waals surface area contributed by atoms with Gasteiger partial charge in [-0.1, -0.05) is 30.7 Å². The molecule has 0 spiro atoms. The fourth-order valence-corrected chi connectivity index (χ4v) is 3.15. The monoisotopic (exact) mass is 247 g/mol. The van der Waals surface area contributed by atoms with Crippen molar-refractivity contribution in [3.8, 4) is 0 Å². The van der Waals surface area contributed by atoms with Gasteiger partial charge in [-0.15, -0.1) is 0 Å². The van der Waals surface area contributed by atoms with Gasteiger partial charge in [-0.3, -0.25) is 0 Å². The van der Waals surface area contributed by atoms with Crippen LogP contribution in [0.25, 0.3) is 0 Å². The highest BCUT2D eigenvalue weighted by Gasteiger charge is 2.43. The fourth-order valence-electron chi connectivity index (χ4n) is 3.15. The number of aryl methyl sites for hydroxylation is 2. The van der Waals surface area contributed by atoms with Gasteiger partial charge >= 0.3 is 0 Å². The van der Waals surface area contributed by atoms with Gasteiger partial charge in [0.15, 0.2) is 0 Å². The molecule has 1 aromatic rings. The Labute approximate surface area is 111 Å². The third kappa shape index (κ3) is 2.19. The van der Waals surface area contributed by atoms with Gasteiger partial charge in [-0.25, -0.2) is 0 Å². The Hall–Kier alpha value is -0.860. The predicted molar refractivity (Wildman–Crippen MR) is 75.7 cm³/mol. The lowest BCUT2D eigenvalue weighted by Gasteiger charge is -2.46. The third-order valence-corrected chi connectivity index (χ3v) is 4.60. The maximum atomic E-state index is 11.2. The van der Waals surface area contributed by atoms with Crippen molar-refractivity contribution in [2.24, 2.45) is 5.92 Å². The van der Waals surface area contributed by atoms with Gasteiger partial charge in [0.25, 0.3) is 0 Å². The van der Waals surface area contributed by atoms with Crippen molar-refractivity contribution < 1.29 is 5.11 Å². The van der Waals surface area contributed by atoms with Crippen molar-refractivity contribution in [3.63, 3.8) is 0 Å². The molecule has 1 aromatic carbocycles. The van der Waals surface area contributed by atoms with E-state index < -0.39 is 5.60 Å². The Morgan fingerprint density at radius 2 is 1.94 bits per heavy atom. The molecule has 3 atom stereocenters. The number of rotatable bonds is 1. The zero-order chi connectivity index (χ0) is 13.5. The smallest absolute Gasteiger partial charge is 0.0951 e. The van der Waals surface area contributed by atoms with Crippen LogP contribution in [0.5, 0.6) is 0 Å². The number of aliphatic hydroxyl groups is 1. The molecule has 0 radical (unpaired) electrons. The molecule has 2 heteroatoms. The first-order valence-electron chi connectivity index (χ1n) is 6.85. The van der Waals surface area contributed by atoms with E-state index in [9.17, 15) is 5.11 Å². The Morgan fingerprint density at radius 3 is 2.61 bits per heavy atom. The molecular formula is C16H25NO. The summed E-state index contributed by atoms with van der Waals surface area (Å²) in [4.78, 5) is 2.34. The lowest BCUT2D eigenvalue weighted by Crippen LogP contribution is -2.51. The summed E-state index contributed by atoms with van der Waals surface area (Å²) in [5, 5.41) is 11.2. The number of likely N-dealkylation sites (tertiary alicyclic amines) is 1. The topological polar surface area (TPSA) is 23.5 Å². The third-order valence-electron chi connectivity index (χ3n) is 4.60. The highest BCUT2D eigenvalue weighted by Crippen LogP contribution is 2.40. The number of hydrogen-bond donors (Lipinski definition) is 1. The van der Waals surface area contributed by atoms with E-state index in [1.54, 1.807) is 0 Å². The largest absolute Gasteiger partial charge is 0.385 e. The summed E-state index contributed by atoms with van der Waals surface area (Å²) >= 11 is 0. The minimum absolute atomic E-state index is 0.263. The van der Waals surface area contributed by atoms with Crippen LogP contribution in [0.15, 0.2) is 18.2 Å². The molecule has 0 unspecified atom stereocenters. The molecular weight excluding hydrogens is 222 g/mol.